The number of carbonyl (C=O) groups is 1. The third-order valence-electron chi connectivity index (χ3n) is 4.01. The smallest absolute Gasteiger partial charge is 0.261 e. The van der Waals surface area contributed by atoms with Gasteiger partial charge >= 0.3 is 0 Å². The summed E-state index contributed by atoms with van der Waals surface area (Å²) in [4.78, 5) is 23.1. The number of amides is 1. The second-order valence-corrected chi connectivity index (χ2v) is 7.31. The lowest BCUT2D eigenvalue weighted by atomic mass is 10.1. The summed E-state index contributed by atoms with van der Waals surface area (Å²) in [5, 5.41) is 4.55. The normalized spacial score (nSPS) is 10.9. The molecule has 0 spiro atoms. The number of benzene rings is 1. The molecule has 0 aliphatic heterocycles. The first-order valence-electron chi connectivity index (χ1n) is 8.42. The zero-order valence-corrected chi connectivity index (χ0v) is 16.5. The van der Waals surface area contributed by atoms with Crippen molar-refractivity contribution in [1.82, 2.24) is 15.3 Å². The van der Waals surface area contributed by atoms with Gasteiger partial charge in [-0.25, -0.2) is 9.97 Å². The predicted octanol–water partition coefficient (Wildman–Crippen LogP) is 4.33. The summed E-state index contributed by atoms with van der Waals surface area (Å²) in [5.41, 5.74) is 1.85. The number of ether oxygens (including phenoxy) is 1. The Morgan fingerprint density at radius 3 is 2.65 bits per heavy atom. The average molecular weight is 390 g/mol. The number of nitrogens with one attached hydrogen (secondary N) is 1. The minimum absolute atomic E-state index is 0.109. The average Bonchev–Trinajstić information content (AvgIpc) is 2.97. The van der Waals surface area contributed by atoms with E-state index in [2.05, 4.69) is 15.3 Å². The number of hydrogen-bond donors (Lipinski definition) is 1. The van der Waals surface area contributed by atoms with Crippen LogP contribution < -0.4 is 10.1 Å². The van der Waals surface area contributed by atoms with Gasteiger partial charge in [0.05, 0.1) is 11.4 Å². The molecule has 0 bridgehead atoms. The SMILES string of the molecule is CCc1nc(C)c2c(C)c(C(=O)NCCOc3ccc(Cl)cc3)sc2n1. The first kappa shape index (κ1) is 18.6. The van der Waals surface area contributed by atoms with E-state index >= 15 is 0 Å². The number of aryl methyl sites for hydroxylation is 3. The number of aromatic nitrogens is 2. The Bertz CT molecular complexity index is 938. The van der Waals surface area contributed by atoms with Crippen LogP contribution in [0.3, 0.4) is 0 Å². The molecule has 136 valence electrons. The van der Waals surface area contributed by atoms with Crippen LogP contribution in [-0.2, 0) is 6.42 Å². The van der Waals surface area contributed by atoms with E-state index in [1.807, 2.05) is 20.8 Å². The molecule has 2 aromatic heterocycles. The van der Waals surface area contributed by atoms with Crippen molar-refractivity contribution < 1.29 is 9.53 Å². The van der Waals surface area contributed by atoms with E-state index in [9.17, 15) is 4.79 Å². The fourth-order valence-electron chi connectivity index (χ4n) is 2.71. The summed E-state index contributed by atoms with van der Waals surface area (Å²) in [6.07, 6.45) is 0.775. The molecule has 1 N–H and O–H groups in total. The summed E-state index contributed by atoms with van der Waals surface area (Å²) >= 11 is 7.25. The molecule has 0 aliphatic carbocycles. The summed E-state index contributed by atoms with van der Waals surface area (Å²) in [5.74, 6) is 1.42. The number of thiophene rings is 1. The van der Waals surface area contributed by atoms with Gasteiger partial charge in [0.1, 0.15) is 23.0 Å². The topological polar surface area (TPSA) is 64.1 Å². The van der Waals surface area contributed by atoms with Gasteiger partial charge in [-0.3, -0.25) is 4.79 Å². The maximum Gasteiger partial charge on any atom is 0.261 e. The van der Waals surface area contributed by atoms with Gasteiger partial charge in [-0.15, -0.1) is 11.3 Å². The number of nitrogens with zero attached hydrogens (tertiary/aromatic N) is 2. The van der Waals surface area contributed by atoms with Gasteiger partial charge < -0.3 is 10.1 Å². The highest BCUT2D eigenvalue weighted by atomic mass is 35.5. The Morgan fingerprint density at radius 2 is 1.96 bits per heavy atom. The van der Waals surface area contributed by atoms with E-state index < -0.39 is 0 Å². The third kappa shape index (κ3) is 3.97. The molecule has 3 aromatic rings. The van der Waals surface area contributed by atoms with Crippen molar-refractivity contribution in [2.24, 2.45) is 0 Å². The van der Waals surface area contributed by atoms with Crippen molar-refractivity contribution in [3.63, 3.8) is 0 Å². The molecular formula is C19H20ClN3O2S. The van der Waals surface area contributed by atoms with E-state index in [1.54, 1.807) is 24.3 Å². The Hall–Kier alpha value is -2.18. The van der Waals surface area contributed by atoms with Crippen LogP contribution in [0.1, 0.15) is 33.7 Å². The standard InChI is InChI=1S/C19H20ClN3O2S/c1-4-15-22-12(3)16-11(2)17(26-19(16)23-15)18(24)21-9-10-25-14-7-5-13(20)6-8-14/h5-8H,4,9-10H2,1-3H3,(H,21,24). The first-order valence-corrected chi connectivity index (χ1v) is 9.62. The molecule has 0 radical (unpaired) electrons. The van der Waals surface area contributed by atoms with E-state index in [0.29, 0.717) is 23.1 Å². The van der Waals surface area contributed by atoms with Crippen molar-refractivity contribution in [1.29, 1.82) is 0 Å². The van der Waals surface area contributed by atoms with Crippen LogP contribution in [0, 0.1) is 13.8 Å². The molecule has 1 amide bonds. The zero-order valence-electron chi connectivity index (χ0n) is 14.9. The Morgan fingerprint density at radius 1 is 1.23 bits per heavy atom. The summed E-state index contributed by atoms with van der Waals surface area (Å²) < 4.78 is 5.59. The number of carbonyl (C=O) groups excluding carboxylic acids is 1. The number of hydrogen-bond acceptors (Lipinski definition) is 5. The molecule has 3 rings (SSSR count). The van der Waals surface area contributed by atoms with Crippen molar-refractivity contribution in [3.05, 3.63) is 51.2 Å². The first-order chi connectivity index (χ1) is 12.5. The van der Waals surface area contributed by atoms with E-state index in [0.717, 1.165) is 39.5 Å². The van der Waals surface area contributed by atoms with Crippen molar-refractivity contribution in [2.75, 3.05) is 13.2 Å². The van der Waals surface area contributed by atoms with Crippen molar-refractivity contribution >= 4 is 39.1 Å². The van der Waals surface area contributed by atoms with Gasteiger partial charge in [0.2, 0.25) is 0 Å². The van der Waals surface area contributed by atoms with Gasteiger partial charge in [0.15, 0.2) is 0 Å². The second-order valence-electron chi connectivity index (χ2n) is 5.87. The van der Waals surface area contributed by atoms with Crippen LogP contribution in [0.15, 0.2) is 24.3 Å². The quantitative estimate of drug-likeness (QED) is 0.637. The maximum atomic E-state index is 12.5. The Kier molecular flexibility index (Phi) is 5.74. The zero-order chi connectivity index (χ0) is 18.7. The summed E-state index contributed by atoms with van der Waals surface area (Å²) in [6.45, 7) is 6.73. The Balaban J connectivity index is 1.65. The lowest BCUT2D eigenvalue weighted by Crippen LogP contribution is -2.27. The molecule has 0 saturated carbocycles. The fourth-order valence-corrected chi connectivity index (χ4v) is 4.01. The maximum absolute atomic E-state index is 12.5. The van der Waals surface area contributed by atoms with E-state index in [-0.39, 0.29) is 5.91 Å². The lowest BCUT2D eigenvalue weighted by molar-refractivity contribution is 0.0950. The van der Waals surface area contributed by atoms with Gasteiger partial charge in [-0.1, -0.05) is 18.5 Å². The highest BCUT2D eigenvalue weighted by molar-refractivity contribution is 7.20. The lowest BCUT2D eigenvalue weighted by Gasteiger charge is -2.07. The molecule has 0 saturated heterocycles. The highest BCUT2D eigenvalue weighted by Gasteiger charge is 2.18. The van der Waals surface area contributed by atoms with Crippen LogP contribution in [0.4, 0.5) is 0 Å². The van der Waals surface area contributed by atoms with Crippen LogP contribution in [-0.4, -0.2) is 29.0 Å². The third-order valence-corrected chi connectivity index (χ3v) is 5.45. The minimum atomic E-state index is -0.109. The minimum Gasteiger partial charge on any atom is -0.492 e. The molecule has 0 unspecified atom stereocenters. The van der Waals surface area contributed by atoms with Gasteiger partial charge in [-0.05, 0) is 43.7 Å². The number of halogens is 1. The summed E-state index contributed by atoms with van der Waals surface area (Å²) in [7, 11) is 0. The molecule has 1 aromatic carbocycles. The molecule has 0 aliphatic rings. The van der Waals surface area contributed by atoms with Crippen LogP contribution >= 0.6 is 22.9 Å². The number of fused-ring (bicyclic) bond motifs is 1. The van der Waals surface area contributed by atoms with Gasteiger partial charge in [0, 0.05) is 22.5 Å². The molecule has 26 heavy (non-hydrogen) atoms. The van der Waals surface area contributed by atoms with Crippen LogP contribution in [0.2, 0.25) is 5.02 Å². The van der Waals surface area contributed by atoms with Gasteiger partial charge in [-0.2, -0.15) is 0 Å². The fraction of sp³-hybridized carbons (Fsp3) is 0.316. The molecule has 7 heteroatoms. The second kappa shape index (κ2) is 8.01. The molecular weight excluding hydrogens is 370 g/mol. The molecule has 5 nitrogen and oxygen atoms in total. The molecule has 0 atom stereocenters. The molecule has 2 heterocycles. The number of rotatable bonds is 6. The largest absolute Gasteiger partial charge is 0.492 e. The Labute approximate surface area is 161 Å². The van der Waals surface area contributed by atoms with E-state index in [1.165, 1.54) is 11.3 Å². The molecule has 0 fully saturated rings. The summed E-state index contributed by atoms with van der Waals surface area (Å²) in [6, 6.07) is 7.13. The highest BCUT2D eigenvalue weighted by Crippen LogP contribution is 2.31. The van der Waals surface area contributed by atoms with Crippen LogP contribution in [0.5, 0.6) is 5.75 Å². The van der Waals surface area contributed by atoms with Crippen LogP contribution in [0.25, 0.3) is 10.2 Å². The van der Waals surface area contributed by atoms with Gasteiger partial charge in [0.25, 0.3) is 5.91 Å². The monoisotopic (exact) mass is 389 g/mol. The predicted molar refractivity (Wildman–Crippen MR) is 106 cm³/mol. The van der Waals surface area contributed by atoms with E-state index in [4.69, 9.17) is 16.3 Å². The van der Waals surface area contributed by atoms with Crippen molar-refractivity contribution in [2.45, 2.75) is 27.2 Å². The van der Waals surface area contributed by atoms with Crippen molar-refractivity contribution in [3.8, 4) is 5.75 Å².